The van der Waals surface area contributed by atoms with E-state index in [2.05, 4.69) is 21.2 Å². The van der Waals surface area contributed by atoms with Gasteiger partial charge in [-0.3, -0.25) is 4.90 Å². The lowest BCUT2D eigenvalue weighted by atomic mass is 10.0. The highest BCUT2D eigenvalue weighted by Gasteiger charge is 2.46. The van der Waals surface area contributed by atoms with E-state index in [1.807, 2.05) is 0 Å². The molecule has 1 aliphatic rings. The molecule has 124 valence electrons. The average Bonchev–Trinajstić information content (AvgIpc) is 2.48. The van der Waals surface area contributed by atoms with Crippen LogP contribution in [0.3, 0.4) is 0 Å². The molecule has 0 spiro atoms. The van der Waals surface area contributed by atoms with Crippen LogP contribution in [0.1, 0.15) is 11.6 Å². The fraction of sp³-hybridized carbons (Fsp3) is 0.571. The second kappa shape index (κ2) is 7.06. The Morgan fingerprint density at radius 2 is 1.68 bits per heavy atom. The van der Waals surface area contributed by atoms with Crippen LogP contribution in [-0.2, 0) is 0 Å². The predicted octanol–water partition coefficient (Wildman–Crippen LogP) is 2.97. The lowest BCUT2D eigenvalue weighted by Crippen LogP contribution is -2.49. The van der Waals surface area contributed by atoms with E-state index in [0.717, 1.165) is 0 Å². The molecule has 2 rings (SSSR count). The van der Waals surface area contributed by atoms with E-state index in [9.17, 15) is 13.2 Å². The van der Waals surface area contributed by atoms with Crippen LogP contribution in [0.15, 0.2) is 16.6 Å². The Balaban J connectivity index is 2.47. The van der Waals surface area contributed by atoms with Crippen molar-refractivity contribution in [3.63, 3.8) is 0 Å². The van der Waals surface area contributed by atoms with Crippen molar-refractivity contribution in [2.75, 3.05) is 40.4 Å². The summed E-state index contributed by atoms with van der Waals surface area (Å²) in [5, 5.41) is 3.06. The summed E-state index contributed by atoms with van der Waals surface area (Å²) in [7, 11) is 2.85. The monoisotopic (exact) mass is 382 g/mol. The van der Waals surface area contributed by atoms with Crippen LogP contribution in [0, 0.1) is 0 Å². The number of nitrogens with zero attached hydrogens (tertiary/aromatic N) is 1. The Hall–Kier alpha value is -0.990. The van der Waals surface area contributed by atoms with Gasteiger partial charge in [-0.2, -0.15) is 13.2 Å². The summed E-state index contributed by atoms with van der Waals surface area (Å²) >= 11 is 3.23. The number of rotatable bonds is 4. The van der Waals surface area contributed by atoms with Crippen molar-refractivity contribution in [1.29, 1.82) is 0 Å². The maximum Gasteiger partial charge on any atom is 0.408 e. The molecule has 8 heteroatoms. The van der Waals surface area contributed by atoms with Gasteiger partial charge in [0.15, 0.2) is 11.5 Å². The summed E-state index contributed by atoms with van der Waals surface area (Å²) in [4.78, 5) is 1.43. The maximum absolute atomic E-state index is 13.6. The van der Waals surface area contributed by atoms with Gasteiger partial charge in [-0.05, 0) is 17.7 Å². The Bertz CT molecular complexity index is 520. The Kier molecular flexibility index (Phi) is 5.57. The van der Waals surface area contributed by atoms with Crippen molar-refractivity contribution in [2.24, 2.45) is 0 Å². The SMILES string of the molecule is COc1cc(Br)c([C@@H](N2CCNCC2)C(F)(F)F)cc1OC. The molecule has 1 aliphatic heterocycles. The van der Waals surface area contributed by atoms with Crippen LogP contribution in [0.5, 0.6) is 11.5 Å². The van der Waals surface area contributed by atoms with Crippen LogP contribution < -0.4 is 14.8 Å². The van der Waals surface area contributed by atoms with E-state index in [-0.39, 0.29) is 11.3 Å². The van der Waals surface area contributed by atoms with E-state index < -0.39 is 12.2 Å². The minimum atomic E-state index is -4.38. The van der Waals surface area contributed by atoms with Crippen molar-refractivity contribution < 1.29 is 22.6 Å². The molecule has 0 saturated carbocycles. The van der Waals surface area contributed by atoms with E-state index in [1.165, 1.54) is 31.3 Å². The van der Waals surface area contributed by atoms with Gasteiger partial charge in [0.1, 0.15) is 6.04 Å². The summed E-state index contributed by atoms with van der Waals surface area (Å²) < 4.78 is 51.5. The van der Waals surface area contributed by atoms with Crippen molar-refractivity contribution in [2.45, 2.75) is 12.2 Å². The summed E-state index contributed by atoms with van der Waals surface area (Å²) in [6, 6.07) is 1.22. The molecule has 0 aliphatic carbocycles. The number of methoxy groups -OCH3 is 2. The highest BCUT2D eigenvalue weighted by atomic mass is 79.9. The third kappa shape index (κ3) is 3.67. The first-order valence-electron chi connectivity index (χ1n) is 6.81. The number of ether oxygens (including phenoxy) is 2. The molecular weight excluding hydrogens is 365 g/mol. The van der Waals surface area contributed by atoms with Gasteiger partial charge in [-0.1, -0.05) is 15.9 Å². The molecule has 1 saturated heterocycles. The smallest absolute Gasteiger partial charge is 0.408 e. The number of nitrogens with one attached hydrogen (secondary N) is 1. The molecular formula is C14H18BrF3N2O2. The highest BCUT2D eigenvalue weighted by molar-refractivity contribution is 9.10. The molecule has 22 heavy (non-hydrogen) atoms. The lowest BCUT2D eigenvalue weighted by molar-refractivity contribution is -0.188. The van der Waals surface area contributed by atoms with Crippen LogP contribution in [0.2, 0.25) is 0 Å². The Morgan fingerprint density at radius 1 is 1.14 bits per heavy atom. The highest BCUT2D eigenvalue weighted by Crippen LogP contribution is 2.44. The molecule has 4 nitrogen and oxygen atoms in total. The molecule has 1 aromatic carbocycles. The number of benzene rings is 1. The summed E-state index contributed by atoms with van der Waals surface area (Å²) in [5.41, 5.74) is 0.132. The van der Waals surface area contributed by atoms with Gasteiger partial charge in [-0.25, -0.2) is 0 Å². The van der Waals surface area contributed by atoms with Gasteiger partial charge >= 0.3 is 6.18 Å². The molecule has 0 aromatic heterocycles. The number of piperazine rings is 1. The van der Waals surface area contributed by atoms with Crippen molar-refractivity contribution in [3.05, 3.63) is 22.2 Å². The Morgan fingerprint density at radius 3 is 2.18 bits per heavy atom. The quantitative estimate of drug-likeness (QED) is 0.867. The molecule has 0 bridgehead atoms. The first-order chi connectivity index (χ1) is 10.4. The van der Waals surface area contributed by atoms with Crippen LogP contribution in [0.25, 0.3) is 0 Å². The minimum Gasteiger partial charge on any atom is -0.493 e. The molecule has 1 heterocycles. The normalized spacial score (nSPS) is 18.1. The standard InChI is InChI=1S/C14H18BrF3N2O2/c1-21-11-7-9(10(15)8-12(11)22-2)13(14(16,17)18)20-5-3-19-4-6-20/h7-8,13,19H,3-6H2,1-2H3/t13-/m1/s1. The second-order valence-corrected chi connectivity index (χ2v) is 5.81. The molecule has 1 atom stereocenters. The third-order valence-corrected chi connectivity index (χ3v) is 4.31. The van der Waals surface area contributed by atoms with E-state index >= 15 is 0 Å². The first kappa shape index (κ1) is 17.4. The summed E-state index contributed by atoms with van der Waals surface area (Å²) in [6.45, 7) is 1.75. The van der Waals surface area contributed by atoms with Gasteiger partial charge in [0.25, 0.3) is 0 Å². The topological polar surface area (TPSA) is 33.7 Å². The summed E-state index contributed by atoms with van der Waals surface area (Å²) in [6.07, 6.45) is -4.38. The predicted molar refractivity (Wildman–Crippen MR) is 80.5 cm³/mol. The fourth-order valence-electron chi connectivity index (χ4n) is 2.60. The van der Waals surface area contributed by atoms with E-state index in [4.69, 9.17) is 9.47 Å². The van der Waals surface area contributed by atoms with Gasteiger partial charge in [0.2, 0.25) is 0 Å². The number of hydrogen-bond acceptors (Lipinski definition) is 4. The minimum absolute atomic E-state index is 0.132. The number of halogens is 4. The largest absolute Gasteiger partial charge is 0.493 e. The molecule has 0 amide bonds. The second-order valence-electron chi connectivity index (χ2n) is 4.96. The Labute approximate surface area is 135 Å². The van der Waals surface area contributed by atoms with Gasteiger partial charge in [-0.15, -0.1) is 0 Å². The zero-order valence-corrected chi connectivity index (χ0v) is 13.9. The third-order valence-electron chi connectivity index (χ3n) is 3.62. The van der Waals surface area contributed by atoms with Crippen molar-refractivity contribution in [1.82, 2.24) is 10.2 Å². The van der Waals surface area contributed by atoms with Gasteiger partial charge < -0.3 is 14.8 Å². The summed E-state index contributed by atoms with van der Waals surface area (Å²) in [5.74, 6) is 0.671. The van der Waals surface area contributed by atoms with Crippen molar-refractivity contribution in [3.8, 4) is 11.5 Å². The zero-order valence-electron chi connectivity index (χ0n) is 12.3. The lowest BCUT2D eigenvalue weighted by Gasteiger charge is -2.36. The molecule has 1 fully saturated rings. The number of alkyl halides is 3. The van der Waals surface area contributed by atoms with Crippen LogP contribution >= 0.6 is 15.9 Å². The number of hydrogen-bond donors (Lipinski definition) is 1. The first-order valence-corrected chi connectivity index (χ1v) is 7.60. The zero-order chi connectivity index (χ0) is 16.3. The van der Waals surface area contributed by atoms with Gasteiger partial charge in [0, 0.05) is 30.7 Å². The maximum atomic E-state index is 13.6. The molecule has 0 radical (unpaired) electrons. The van der Waals surface area contributed by atoms with E-state index in [1.54, 1.807) is 0 Å². The average molecular weight is 383 g/mol. The van der Waals surface area contributed by atoms with E-state index in [0.29, 0.717) is 36.4 Å². The van der Waals surface area contributed by atoms with Crippen LogP contribution in [-0.4, -0.2) is 51.5 Å². The molecule has 0 unspecified atom stereocenters. The molecule has 1 aromatic rings. The van der Waals surface area contributed by atoms with Gasteiger partial charge in [0.05, 0.1) is 14.2 Å². The molecule has 1 N–H and O–H groups in total. The van der Waals surface area contributed by atoms with Crippen LogP contribution in [0.4, 0.5) is 13.2 Å². The fourth-order valence-corrected chi connectivity index (χ4v) is 3.14. The van der Waals surface area contributed by atoms with Crippen molar-refractivity contribution >= 4 is 15.9 Å².